The first-order chi connectivity index (χ1) is 11.3. The largest absolute Gasteiger partial charge is 0.488 e. The monoisotopic (exact) mass is 368 g/mol. The quantitative estimate of drug-likeness (QED) is 0.671. The van der Waals surface area contributed by atoms with Crippen LogP contribution in [0.2, 0.25) is 0 Å². The number of halogens is 1. The molecule has 116 valence electrons. The van der Waals surface area contributed by atoms with E-state index in [0.717, 1.165) is 32.5 Å². The fourth-order valence-electron chi connectivity index (χ4n) is 2.49. The molecule has 0 heterocycles. The minimum absolute atomic E-state index is 0.000805. The summed E-state index contributed by atoms with van der Waals surface area (Å²) in [7, 11) is 0. The zero-order valence-corrected chi connectivity index (χ0v) is 14.2. The highest BCUT2D eigenvalue weighted by Gasteiger charge is 2.11. The number of rotatable bonds is 5. The van der Waals surface area contributed by atoms with Gasteiger partial charge in [0.1, 0.15) is 12.4 Å². The van der Waals surface area contributed by atoms with Crippen LogP contribution in [0.15, 0.2) is 77.3 Å². The number of ether oxygens (including phenoxy) is 1. The summed E-state index contributed by atoms with van der Waals surface area (Å²) in [6.45, 7) is 0.511. The summed E-state index contributed by atoms with van der Waals surface area (Å²) in [6.07, 6.45) is 0. The van der Waals surface area contributed by atoms with Gasteiger partial charge in [-0.25, -0.2) is 0 Å². The van der Waals surface area contributed by atoms with E-state index < -0.39 is 0 Å². The van der Waals surface area contributed by atoms with Crippen molar-refractivity contribution in [3.63, 3.8) is 0 Å². The molecule has 0 spiro atoms. The van der Waals surface area contributed by atoms with Crippen molar-refractivity contribution in [1.82, 2.24) is 0 Å². The molecule has 0 amide bonds. The molecule has 0 unspecified atom stereocenters. The zero-order valence-electron chi connectivity index (χ0n) is 12.6. The minimum Gasteiger partial charge on any atom is -0.488 e. The minimum atomic E-state index is 0.000805. The van der Waals surface area contributed by atoms with Crippen LogP contribution in [0.4, 0.5) is 0 Å². The second-order valence-corrected chi connectivity index (χ2v) is 6.15. The first-order valence-corrected chi connectivity index (χ1v) is 8.22. The van der Waals surface area contributed by atoms with Crippen molar-refractivity contribution in [2.24, 2.45) is 0 Å². The average molecular weight is 369 g/mol. The predicted octanol–water partition coefficient (Wildman–Crippen LogP) is 5.19. The van der Waals surface area contributed by atoms with Gasteiger partial charge in [0.15, 0.2) is 0 Å². The Bertz CT molecular complexity index is 785. The molecule has 23 heavy (non-hydrogen) atoms. The maximum atomic E-state index is 9.60. The Hall–Kier alpha value is -2.10. The van der Waals surface area contributed by atoms with Crippen molar-refractivity contribution in [2.45, 2.75) is 13.2 Å². The van der Waals surface area contributed by atoms with E-state index in [1.807, 2.05) is 72.8 Å². The van der Waals surface area contributed by atoms with E-state index in [1.54, 1.807) is 0 Å². The number of benzene rings is 3. The topological polar surface area (TPSA) is 29.5 Å². The molecule has 0 saturated carbocycles. The summed E-state index contributed by atoms with van der Waals surface area (Å²) in [5.74, 6) is 0.804. The number of aliphatic hydroxyl groups excluding tert-OH is 1. The van der Waals surface area contributed by atoms with Crippen LogP contribution in [0, 0.1) is 0 Å². The van der Waals surface area contributed by atoms with E-state index in [2.05, 4.69) is 15.9 Å². The molecule has 3 aromatic carbocycles. The number of aliphatic hydroxyl groups is 1. The summed E-state index contributed by atoms with van der Waals surface area (Å²) in [6, 6.07) is 23.8. The van der Waals surface area contributed by atoms with Gasteiger partial charge in [0.05, 0.1) is 6.61 Å². The van der Waals surface area contributed by atoms with E-state index in [9.17, 15) is 5.11 Å². The molecule has 0 saturated heterocycles. The third-order valence-corrected chi connectivity index (χ3v) is 4.15. The van der Waals surface area contributed by atoms with Crippen molar-refractivity contribution in [2.75, 3.05) is 0 Å². The third kappa shape index (κ3) is 3.81. The molecule has 0 aliphatic rings. The lowest BCUT2D eigenvalue weighted by Crippen LogP contribution is -1.98. The number of hydrogen-bond donors (Lipinski definition) is 1. The molecule has 2 nitrogen and oxygen atoms in total. The fourth-order valence-corrected chi connectivity index (χ4v) is 2.86. The van der Waals surface area contributed by atoms with Gasteiger partial charge in [0.2, 0.25) is 0 Å². The predicted molar refractivity (Wildman–Crippen MR) is 96.3 cm³/mol. The van der Waals surface area contributed by atoms with Crippen LogP contribution in [0.5, 0.6) is 5.75 Å². The maximum Gasteiger partial charge on any atom is 0.127 e. The van der Waals surface area contributed by atoms with Gasteiger partial charge >= 0.3 is 0 Å². The van der Waals surface area contributed by atoms with Crippen molar-refractivity contribution in [1.29, 1.82) is 0 Å². The van der Waals surface area contributed by atoms with Crippen LogP contribution in [0.25, 0.3) is 11.1 Å². The highest BCUT2D eigenvalue weighted by molar-refractivity contribution is 9.10. The van der Waals surface area contributed by atoms with Crippen LogP contribution >= 0.6 is 15.9 Å². The molecule has 0 atom stereocenters. The smallest absolute Gasteiger partial charge is 0.127 e. The van der Waals surface area contributed by atoms with Crippen molar-refractivity contribution < 1.29 is 9.84 Å². The van der Waals surface area contributed by atoms with Crippen molar-refractivity contribution >= 4 is 15.9 Å². The van der Waals surface area contributed by atoms with Crippen molar-refractivity contribution in [3.05, 3.63) is 88.4 Å². The molecule has 0 radical (unpaired) electrons. The molecule has 0 aliphatic carbocycles. The van der Waals surface area contributed by atoms with Crippen LogP contribution in [-0.4, -0.2) is 5.11 Å². The van der Waals surface area contributed by atoms with Crippen LogP contribution in [0.3, 0.4) is 0 Å². The maximum absolute atomic E-state index is 9.60. The van der Waals surface area contributed by atoms with Crippen LogP contribution in [0.1, 0.15) is 11.1 Å². The van der Waals surface area contributed by atoms with Gasteiger partial charge in [-0.05, 0) is 34.9 Å². The summed E-state index contributed by atoms with van der Waals surface area (Å²) < 4.78 is 7.01. The molecule has 0 fully saturated rings. The Morgan fingerprint density at radius 1 is 0.826 bits per heavy atom. The van der Waals surface area contributed by atoms with Crippen LogP contribution < -0.4 is 4.74 Å². The standard InChI is InChI=1S/C20H17BrO2/c21-17-10-11-20(23-14-15-6-2-1-3-7-15)19(12-17)18-9-5-4-8-16(18)13-22/h1-12,22H,13-14H2. The zero-order chi connectivity index (χ0) is 16.1. The van der Waals surface area contributed by atoms with Gasteiger partial charge < -0.3 is 9.84 Å². The molecule has 3 rings (SSSR count). The SMILES string of the molecule is OCc1ccccc1-c1cc(Br)ccc1OCc1ccccc1. The van der Waals surface area contributed by atoms with Crippen molar-refractivity contribution in [3.8, 4) is 16.9 Å². The molecular formula is C20H17BrO2. The van der Waals surface area contributed by atoms with Gasteiger partial charge in [-0.1, -0.05) is 70.5 Å². The molecule has 0 aliphatic heterocycles. The number of hydrogen-bond acceptors (Lipinski definition) is 2. The highest BCUT2D eigenvalue weighted by atomic mass is 79.9. The Morgan fingerprint density at radius 2 is 1.57 bits per heavy atom. The van der Waals surface area contributed by atoms with E-state index in [0.29, 0.717) is 6.61 Å². The highest BCUT2D eigenvalue weighted by Crippen LogP contribution is 2.35. The van der Waals surface area contributed by atoms with E-state index in [4.69, 9.17) is 4.74 Å². The van der Waals surface area contributed by atoms with Gasteiger partial charge in [0.25, 0.3) is 0 Å². The van der Waals surface area contributed by atoms with Crippen LogP contribution in [-0.2, 0) is 13.2 Å². The normalized spacial score (nSPS) is 10.5. The lowest BCUT2D eigenvalue weighted by molar-refractivity contribution is 0.282. The van der Waals surface area contributed by atoms with Gasteiger partial charge in [-0.3, -0.25) is 0 Å². The first kappa shape index (κ1) is 15.8. The second-order valence-electron chi connectivity index (χ2n) is 5.23. The molecule has 1 N–H and O–H groups in total. The molecule has 3 heteroatoms. The Labute approximate surface area is 144 Å². The lowest BCUT2D eigenvalue weighted by Gasteiger charge is -2.14. The molecule has 0 aromatic heterocycles. The van der Waals surface area contributed by atoms with Gasteiger partial charge in [0, 0.05) is 10.0 Å². The second kappa shape index (κ2) is 7.44. The Balaban J connectivity index is 1.95. The summed E-state index contributed by atoms with van der Waals surface area (Å²) in [4.78, 5) is 0. The van der Waals surface area contributed by atoms with Gasteiger partial charge in [-0.2, -0.15) is 0 Å². The van der Waals surface area contributed by atoms with E-state index in [1.165, 1.54) is 0 Å². The summed E-state index contributed by atoms with van der Waals surface area (Å²) in [5.41, 5.74) is 3.96. The molecule has 0 bridgehead atoms. The molecular weight excluding hydrogens is 352 g/mol. The Kier molecular flexibility index (Phi) is 5.11. The van der Waals surface area contributed by atoms with E-state index >= 15 is 0 Å². The summed E-state index contributed by atoms with van der Waals surface area (Å²) >= 11 is 3.52. The first-order valence-electron chi connectivity index (χ1n) is 7.43. The van der Waals surface area contributed by atoms with E-state index in [-0.39, 0.29) is 6.61 Å². The average Bonchev–Trinajstić information content (AvgIpc) is 2.61. The summed E-state index contributed by atoms with van der Waals surface area (Å²) in [5, 5.41) is 9.60. The fraction of sp³-hybridized carbons (Fsp3) is 0.100. The van der Waals surface area contributed by atoms with Gasteiger partial charge in [-0.15, -0.1) is 0 Å². The Morgan fingerprint density at radius 3 is 2.35 bits per heavy atom. The lowest BCUT2D eigenvalue weighted by atomic mass is 9.99. The molecule has 3 aromatic rings. The third-order valence-electron chi connectivity index (χ3n) is 3.66.